The number of nitrogens with one attached hydrogen (secondary N) is 1. The van der Waals surface area contributed by atoms with Gasteiger partial charge < -0.3 is 5.32 Å². The third-order valence-corrected chi connectivity index (χ3v) is 3.76. The molecular formula is C15H19N3S. The third-order valence-electron chi connectivity index (χ3n) is 2.75. The van der Waals surface area contributed by atoms with Gasteiger partial charge in [0.25, 0.3) is 0 Å². The minimum absolute atomic E-state index is 0.413. The van der Waals surface area contributed by atoms with Gasteiger partial charge in [0.15, 0.2) is 0 Å². The van der Waals surface area contributed by atoms with Crippen LogP contribution in [0.1, 0.15) is 31.3 Å². The first-order valence-corrected chi connectivity index (χ1v) is 7.41. The average Bonchev–Trinajstić information content (AvgIpc) is 2.45. The molecule has 0 aliphatic heterocycles. The zero-order valence-electron chi connectivity index (χ0n) is 11.6. The van der Waals surface area contributed by atoms with E-state index in [1.54, 1.807) is 11.8 Å². The van der Waals surface area contributed by atoms with Gasteiger partial charge in [-0.15, -0.1) is 11.8 Å². The van der Waals surface area contributed by atoms with Crippen molar-refractivity contribution in [1.82, 2.24) is 9.97 Å². The molecule has 3 nitrogen and oxygen atoms in total. The van der Waals surface area contributed by atoms with Gasteiger partial charge in [0.2, 0.25) is 0 Å². The number of hydrogen-bond acceptors (Lipinski definition) is 4. The lowest BCUT2D eigenvalue weighted by molar-refractivity contribution is 0.800. The highest BCUT2D eigenvalue weighted by Crippen LogP contribution is 2.22. The molecule has 0 aliphatic rings. The summed E-state index contributed by atoms with van der Waals surface area (Å²) in [4.78, 5) is 10.4. The van der Waals surface area contributed by atoms with Gasteiger partial charge in [-0.25, -0.2) is 9.97 Å². The standard InChI is InChI=1S/C15H19N3S/c1-11(2)13-9-14(16-3)18-15(17-13)10-19-12-7-5-4-6-8-12/h4-9,11H,10H2,1-3H3,(H,16,17,18). The predicted octanol–water partition coefficient (Wildman–Crippen LogP) is 3.93. The van der Waals surface area contributed by atoms with Crippen molar-refractivity contribution in [2.45, 2.75) is 30.4 Å². The fourth-order valence-electron chi connectivity index (χ4n) is 1.67. The van der Waals surface area contributed by atoms with Gasteiger partial charge in [-0.3, -0.25) is 0 Å². The Morgan fingerprint density at radius 2 is 1.89 bits per heavy atom. The number of hydrogen-bond donors (Lipinski definition) is 1. The molecule has 1 N–H and O–H groups in total. The molecular weight excluding hydrogens is 254 g/mol. The van der Waals surface area contributed by atoms with E-state index in [9.17, 15) is 0 Å². The second kappa shape index (κ2) is 6.57. The number of aromatic nitrogens is 2. The van der Waals surface area contributed by atoms with Gasteiger partial charge in [0, 0.05) is 23.7 Å². The van der Waals surface area contributed by atoms with E-state index < -0.39 is 0 Å². The Balaban J connectivity index is 2.13. The molecule has 0 saturated heterocycles. The molecule has 2 aromatic rings. The normalized spacial score (nSPS) is 10.7. The summed E-state index contributed by atoms with van der Waals surface area (Å²) < 4.78 is 0. The van der Waals surface area contributed by atoms with E-state index in [-0.39, 0.29) is 0 Å². The smallest absolute Gasteiger partial charge is 0.141 e. The van der Waals surface area contributed by atoms with E-state index in [4.69, 9.17) is 0 Å². The maximum absolute atomic E-state index is 4.62. The van der Waals surface area contributed by atoms with Crippen LogP contribution in [0, 0.1) is 0 Å². The van der Waals surface area contributed by atoms with E-state index >= 15 is 0 Å². The summed E-state index contributed by atoms with van der Waals surface area (Å²) in [5.41, 5.74) is 1.09. The molecule has 1 aromatic heterocycles. The molecule has 0 aliphatic carbocycles. The molecule has 1 heterocycles. The van der Waals surface area contributed by atoms with E-state index in [0.29, 0.717) is 5.92 Å². The maximum Gasteiger partial charge on any atom is 0.141 e. The van der Waals surface area contributed by atoms with Crippen molar-refractivity contribution in [2.75, 3.05) is 12.4 Å². The predicted molar refractivity (Wildman–Crippen MR) is 81.7 cm³/mol. The molecule has 4 heteroatoms. The van der Waals surface area contributed by atoms with Crippen LogP contribution in [0.4, 0.5) is 5.82 Å². The minimum atomic E-state index is 0.413. The topological polar surface area (TPSA) is 37.8 Å². The second-order valence-electron chi connectivity index (χ2n) is 4.60. The Morgan fingerprint density at radius 3 is 2.53 bits per heavy atom. The molecule has 0 unspecified atom stereocenters. The van der Waals surface area contributed by atoms with Crippen LogP contribution in [0.3, 0.4) is 0 Å². The fraction of sp³-hybridized carbons (Fsp3) is 0.333. The first-order chi connectivity index (χ1) is 9.19. The molecule has 0 radical (unpaired) electrons. The van der Waals surface area contributed by atoms with Crippen LogP contribution in [0.25, 0.3) is 0 Å². The van der Waals surface area contributed by atoms with Crippen molar-refractivity contribution < 1.29 is 0 Å². The van der Waals surface area contributed by atoms with Crippen LogP contribution < -0.4 is 5.32 Å². The van der Waals surface area contributed by atoms with Gasteiger partial charge in [0.05, 0.1) is 5.75 Å². The third kappa shape index (κ3) is 3.96. The second-order valence-corrected chi connectivity index (χ2v) is 5.65. The molecule has 0 atom stereocenters. The lowest BCUT2D eigenvalue weighted by atomic mass is 10.1. The van der Waals surface area contributed by atoms with Gasteiger partial charge in [-0.2, -0.15) is 0 Å². The Bertz CT molecular complexity index is 526. The van der Waals surface area contributed by atoms with Crippen LogP contribution in [0.5, 0.6) is 0 Å². The summed E-state index contributed by atoms with van der Waals surface area (Å²) in [7, 11) is 1.89. The number of thioether (sulfide) groups is 1. The largest absolute Gasteiger partial charge is 0.373 e. The molecule has 0 fully saturated rings. The highest BCUT2D eigenvalue weighted by Gasteiger charge is 2.07. The van der Waals surface area contributed by atoms with E-state index in [1.165, 1.54) is 4.90 Å². The molecule has 100 valence electrons. The van der Waals surface area contributed by atoms with Gasteiger partial charge >= 0.3 is 0 Å². The van der Waals surface area contributed by atoms with E-state index in [2.05, 4.69) is 41.3 Å². The van der Waals surface area contributed by atoms with Crippen LogP contribution in [0.2, 0.25) is 0 Å². The highest BCUT2D eigenvalue weighted by atomic mass is 32.2. The summed E-state index contributed by atoms with van der Waals surface area (Å²) in [6.07, 6.45) is 0. The Hall–Kier alpha value is -1.55. The molecule has 2 rings (SSSR count). The fourth-order valence-corrected chi connectivity index (χ4v) is 2.45. The first kappa shape index (κ1) is 13.9. The Labute approximate surface area is 118 Å². The minimum Gasteiger partial charge on any atom is -0.373 e. The summed E-state index contributed by atoms with van der Waals surface area (Å²) in [6.45, 7) is 4.30. The summed E-state index contributed by atoms with van der Waals surface area (Å²) in [5, 5.41) is 3.10. The lowest BCUT2D eigenvalue weighted by Gasteiger charge is -2.10. The quantitative estimate of drug-likeness (QED) is 0.838. The molecule has 1 aromatic carbocycles. The van der Waals surface area contributed by atoms with Crippen molar-refractivity contribution >= 4 is 17.6 Å². The number of nitrogens with zero attached hydrogens (tertiary/aromatic N) is 2. The zero-order chi connectivity index (χ0) is 13.7. The number of anilines is 1. The van der Waals surface area contributed by atoms with Crippen LogP contribution in [-0.2, 0) is 5.75 Å². The SMILES string of the molecule is CNc1cc(C(C)C)nc(CSc2ccccc2)n1. The molecule has 0 saturated carbocycles. The first-order valence-electron chi connectivity index (χ1n) is 6.42. The van der Waals surface area contributed by atoms with Gasteiger partial charge in [-0.1, -0.05) is 32.0 Å². The summed E-state index contributed by atoms with van der Waals surface area (Å²) in [6, 6.07) is 12.4. The van der Waals surface area contributed by atoms with Crippen LogP contribution >= 0.6 is 11.8 Å². The van der Waals surface area contributed by atoms with Crippen LogP contribution in [0.15, 0.2) is 41.3 Å². The lowest BCUT2D eigenvalue weighted by Crippen LogP contribution is -2.04. The Kier molecular flexibility index (Phi) is 4.80. The van der Waals surface area contributed by atoms with Crippen molar-refractivity contribution in [3.05, 3.63) is 47.9 Å². The molecule has 0 amide bonds. The van der Waals surface area contributed by atoms with Crippen molar-refractivity contribution in [2.24, 2.45) is 0 Å². The summed E-state index contributed by atoms with van der Waals surface area (Å²) in [5.74, 6) is 2.97. The average molecular weight is 273 g/mol. The zero-order valence-corrected chi connectivity index (χ0v) is 12.4. The maximum atomic E-state index is 4.62. The van der Waals surface area contributed by atoms with Crippen LogP contribution in [-0.4, -0.2) is 17.0 Å². The number of benzene rings is 1. The molecule has 0 spiro atoms. The van der Waals surface area contributed by atoms with Gasteiger partial charge in [-0.05, 0) is 18.1 Å². The van der Waals surface area contributed by atoms with Gasteiger partial charge in [0.1, 0.15) is 11.6 Å². The van der Waals surface area contributed by atoms with Crippen molar-refractivity contribution in [3.63, 3.8) is 0 Å². The summed E-state index contributed by atoms with van der Waals surface area (Å²) >= 11 is 1.76. The number of rotatable bonds is 5. The van der Waals surface area contributed by atoms with E-state index in [1.807, 2.05) is 31.3 Å². The Morgan fingerprint density at radius 1 is 1.16 bits per heavy atom. The molecule has 0 bridgehead atoms. The van der Waals surface area contributed by atoms with Crippen molar-refractivity contribution in [3.8, 4) is 0 Å². The molecule has 19 heavy (non-hydrogen) atoms. The monoisotopic (exact) mass is 273 g/mol. The van der Waals surface area contributed by atoms with Crippen molar-refractivity contribution in [1.29, 1.82) is 0 Å². The van der Waals surface area contributed by atoms with E-state index in [0.717, 1.165) is 23.1 Å². The highest BCUT2D eigenvalue weighted by molar-refractivity contribution is 7.98.